The number of ketones is 1. The molecule has 5 nitrogen and oxygen atoms in total. The van der Waals surface area contributed by atoms with E-state index in [1.807, 2.05) is 0 Å². The second-order valence-corrected chi connectivity index (χ2v) is 6.43. The SMILES string of the molecule is COCOC[C@]12C=C[C@H](C)[C@](C)(COCOC)C1=CC(=O)C2. The Morgan fingerprint density at radius 3 is 2.45 bits per heavy atom. The van der Waals surface area contributed by atoms with Crippen molar-refractivity contribution >= 4 is 5.78 Å². The lowest BCUT2D eigenvalue weighted by Crippen LogP contribution is -2.43. The molecule has 2 aliphatic carbocycles. The molecule has 0 saturated heterocycles. The molecule has 3 atom stereocenters. The van der Waals surface area contributed by atoms with Gasteiger partial charge in [-0.25, -0.2) is 0 Å². The second-order valence-electron chi connectivity index (χ2n) is 6.43. The van der Waals surface area contributed by atoms with Gasteiger partial charge in [-0.15, -0.1) is 0 Å². The second kappa shape index (κ2) is 7.04. The third-order valence-corrected chi connectivity index (χ3v) is 4.82. The summed E-state index contributed by atoms with van der Waals surface area (Å²) in [4.78, 5) is 12.1. The van der Waals surface area contributed by atoms with Crippen LogP contribution in [0.1, 0.15) is 20.3 Å². The lowest BCUT2D eigenvalue weighted by atomic mass is 9.60. The van der Waals surface area contributed by atoms with E-state index < -0.39 is 0 Å². The van der Waals surface area contributed by atoms with Gasteiger partial charge in [-0.2, -0.15) is 0 Å². The van der Waals surface area contributed by atoms with Gasteiger partial charge in [0.15, 0.2) is 5.78 Å². The number of methoxy groups -OCH3 is 2. The average Bonchev–Trinajstić information content (AvgIpc) is 2.82. The van der Waals surface area contributed by atoms with Gasteiger partial charge in [0.1, 0.15) is 13.6 Å². The Balaban J connectivity index is 2.26. The molecule has 0 aromatic heterocycles. The molecular formula is C17H26O5. The van der Waals surface area contributed by atoms with Gasteiger partial charge < -0.3 is 18.9 Å². The molecule has 2 rings (SSSR count). The fourth-order valence-corrected chi connectivity index (χ4v) is 3.46. The van der Waals surface area contributed by atoms with Crippen LogP contribution in [0.3, 0.4) is 0 Å². The third-order valence-electron chi connectivity index (χ3n) is 4.82. The van der Waals surface area contributed by atoms with Crippen molar-refractivity contribution in [3.8, 4) is 0 Å². The van der Waals surface area contributed by atoms with Gasteiger partial charge in [-0.05, 0) is 17.6 Å². The van der Waals surface area contributed by atoms with E-state index in [2.05, 4.69) is 26.0 Å². The Kier molecular flexibility index (Phi) is 5.55. The minimum absolute atomic E-state index is 0.146. The van der Waals surface area contributed by atoms with Crippen LogP contribution < -0.4 is 0 Å². The largest absolute Gasteiger partial charge is 0.359 e. The number of allylic oxidation sites excluding steroid dienone is 2. The minimum atomic E-state index is -0.368. The van der Waals surface area contributed by atoms with Gasteiger partial charge >= 0.3 is 0 Å². The van der Waals surface area contributed by atoms with Crippen LogP contribution in [0.4, 0.5) is 0 Å². The molecule has 0 bridgehead atoms. The molecular weight excluding hydrogens is 284 g/mol. The van der Waals surface area contributed by atoms with Crippen molar-refractivity contribution in [2.24, 2.45) is 16.7 Å². The molecule has 0 saturated carbocycles. The topological polar surface area (TPSA) is 54.0 Å². The minimum Gasteiger partial charge on any atom is -0.359 e. The first-order chi connectivity index (χ1) is 10.5. The molecule has 0 spiro atoms. The summed E-state index contributed by atoms with van der Waals surface area (Å²) in [6, 6.07) is 0. The summed E-state index contributed by atoms with van der Waals surface area (Å²) in [6.45, 7) is 5.73. The molecule has 0 N–H and O–H groups in total. The monoisotopic (exact) mass is 310 g/mol. The molecule has 0 heterocycles. The van der Waals surface area contributed by atoms with E-state index in [9.17, 15) is 4.79 Å². The summed E-state index contributed by atoms with van der Waals surface area (Å²) < 4.78 is 21.2. The average molecular weight is 310 g/mol. The molecule has 5 heteroatoms. The summed E-state index contributed by atoms with van der Waals surface area (Å²) >= 11 is 0. The van der Waals surface area contributed by atoms with Crippen molar-refractivity contribution in [3.05, 3.63) is 23.8 Å². The number of ether oxygens (including phenoxy) is 4. The smallest absolute Gasteiger partial charge is 0.156 e. The maximum absolute atomic E-state index is 12.1. The highest BCUT2D eigenvalue weighted by molar-refractivity contribution is 5.95. The Morgan fingerprint density at radius 2 is 1.82 bits per heavy atom. The Morgan fingerprint density at radius 1 is 1.18 bits per heavy atom. The molecule has 0 amide bonds. The van der Waals surface area contributed by atoms with Crippen LogP contribution in [0.15, 0.2) is 23.8 Å². The van der Waals surface area contributed by atoms with Crippen molar-refractivity contribution < 1.29 is 23.7 Å². The van der Waals surface area contributed by atoms with Crippen molar-refractivity contribution in [3.63, 3.8) is 0 Å². The molecule has 0 aromatic rings. The molecule has 22 heavy (non-hydrogen) atoms. The standard InChI is InChI=1S/C17H26O5/c1-13-5-6-17(10-22-12-20-4)8-14(18)7-15(17)16(13,2)9-21-11-19-3/h5-7,13H,8-12H2,1-4H3/t13-,16-,17+/m0/s1. The van der Waals surface area contributed by atoms with E-state index in [4.69, 9.17) is 18.9 Å². The predicted octanol–water partition coefficient (Wildman–Crippen LogP) is 2.33. The number of carbonyl (C=O) groups is 1. The Bertz CT molecular complexity index is 470. The highest BCUT2D eigenvalue weighted by atomic mass is 16.7. The van der Waals surface area contributed by atoms with Gasteiger partial charge in [0, 0.05) is 31.5 Å². The van der Waals surface area contributed by atoms with Crippen LogP contribution in [-0.2, 0) is 23.7 Å². The molecule has 0 aromatic carbocycles. The quantitative estimate of drug-likeness (QED) is 0.391. The van der Waals surface area contributed by atoms with Gasteiger partial charge in [0.05, 0.1) is 13.2 Å². The van der Waals surface area contributed by atoms with Crippen molar-refractivity contribution in [2.45, 2.75) is 20.3 Å². The van der Waals surface area contributed by atoms with Crippen molar-refractivity contribution in [2.75, 3.05) is 41.0 Å². The summed E-state index contributed by atoms with van der Waals surface area (Å²) in [5.41, 5.74) is 0.496. The summed E-state index contributed by atoms with van der Waals surface area (Å²) in [7, 11) is 3.20. The Hall–Kier alpha value is -1.01. The highest BCUT2D eigenvalue weighted by Crippen LogP contribution is 2.55. The molecule has 0 fully saturated rings. The zero-order valence-corrected chi connectivity index (χ0v) is 13.9. The number of hydrogen-bond acceptors (Lipinski definition) is 5. The van der Waals surface area contributed by atoms with E-state index in [1.54, 1.807) is 20.3 Å². The number of carbonyl (C=O) groups excluding carboxylic acids is 1. The first kappa shape index (κ1) is 17.3. The molecule has 0 radical (unpaired) electrons. The third kappa shape index (κ3) is 3.18. The summed E-state index contributed by atoms with van der Waals surface area (Å²) in [5, 5.41) is 0. The molecule has 2 aliphatic rings. The van der Waals surface area contributed by atoms with E-state index in [-0.39, 0.29) is 36.1 Å². The van der Waals surface area contributed by atoms with Gasteiger partial charge in [-0.3, -0.25) is 4.79 Å². The van der Waals surface area contributed by atoms with E-state index in [1.165, 1.54) is 0 Å². The van der Waals surface area contributed by atoms with Gasteiger partial charge in [0.25, 0.3) is 0 Å². The predicted molar refractivity (Wildman–Crippen MR) is 82.2 cm³/mol. The normalized spacial score (nSPS) is 33.9. The van der Waals surface area contributed by atoms with Crippen LogP contribution in [-0.4, -0.2) is 46.8 Å². The van der Waals surface area contributed by atoms with Crippen molar-refractivity contribution in [1.29, 1.82) is 0 Å². The maximum atomic E-state index is 12.1. The first-order valence-corrected chi connectivity index (χ1v) is 7.57. The van der Waals surface area contributed by atoms with Crippen LogP contribution in [0.5, 0.6) is 0 Å². The highest BCUT2D eigenvalue weighted by Gasteiger charge is 2.51. The van der Waals surface area contributed by atoms with E-state index >= 15 is 0 Å². The van der Waals surface area contributed by atoms with Crippen molar-refractivity contribution in [1.82, 2.24) is 0 Å². The van der Waals surface area contributed by atoms with Crippen LogP contribution in [0.25, 0.3) is 0 Å². The van der Waals surface area contributed by atoms with Crippen LogP contribution in [0, 0.1) is 16.7 Å². The Labute approximate surface area is 132 Å². The van der Waals surface area contributed by atoms with Crippen LogP contribution >= 0.6 is 0 Å². The zero-order valence-electron chi connectivity index (χ0n) is 13.9. The summed E-state index contributed by atoms with van der Waals surface area (Å²) in [6.07, 6.45) is 6.53. The molecule has 124 valence electrons. The van der Waals surface area contributed by atoms with Gasteiger partial charge in [-0.1, -0.05) is 26.0 Å². The lowest BCUT2D eigenvalue weighted by molar-refractivity contribution is -0.116. The number of hydrogen-bond donors (Lipinski definition) is 0. The molecule has 0 unspecified atom stereocenters. The van der Waals surface area contributed by atoms with Gasteiger partial charge in [0.2, 0.25) is 0 Å². The summed E-state index contributed by atoms with van der Waals surface area (Å²) in [5.74, 6) is 0.421. The fourth-order valence-electron chi connectivity index (χ4n) is 3.46. The molecule has 0 aliphatic heterocycles. The first-order valence-electron chi connectivity index (χ1n) is 7.57. The van der Waals surface area contributed by atoms with E-state index in [0.717, 1.165) is 5.57 Å². The maximum Gasteiger partial charge on any atom is 0.156 e. The van der Waals surface area contributed by atoms with E-state index in [0.29, 0.717) is 19.6 Å². The zero-order chi connectivity index (χ0) is 16.2. The number of fused-ring (bicyclic) bond motifs is 1. The fraction of sp³-hybridized carbons (Fsp3) is 0.706. The lowest BCUT2D eigenvalue weighted by Gasteiger charge is -2.46. The van der Waals surface area contributed by atoms with Crippen LogP contribution in [0.2, 0.25) is 0 Å². The number of rotatable bonds is 8.